The highest BCUT2D eigenvalue weighted by molar-refractivity contribution is 7.89. The molecule has 150 valence electrons. The van der Waals surface area contributed by atoms with Gasteiger partial charge in [-0.15, -0.1) is 0 Å². The lowest BCUT2D eigenvalue weighted by atomic mass is 10.0. The third-order valence-corrected chi connectivity index (χ3v) is 6.76. The van der Waals surface area contributed by atoms with E-state index >= 15 is 0 Å². The number of hydrogen-bond donors (Lipinski definition) is 1. The zero-order chi connectivity index (χ0) is 20.3. The maximum absolute atomic E-state index is 12.9. The van der Waals surface area contributed by atoms with E-state index in [2.05, 4.69) is 10.3 Å². The van der Waals surface area contributed by atoms with Gasteiger partial charge in [0.2, 0.25) is 10.0 Å². The fraction of sp³-hybridized carbons (Fsp3) is 0.389. The molecular formula is C18H21ClN4O4S. The molecule has 1 aromatic heterocycles. The SMILES string of the molecule is C[C@H]1CCCN(S(=O)(=O)c2ccc(NCc3cc(Cl)ccn3)c([N+](=O)[O-])c2)C1. The molecule has 1 atom stereocenters. The van der Waals surface area contributed by atoms with Gasteiger partial charge in [0, 0.05) is 30.4 Å². The van der Waals surface area contributed by atoms with Crippen molar-refractivity contribution in [2.75, 3.05) is 18.4 Å². The highest BCUT2D eigenvalue weighted by Crippen LogP contribution is 2.31. The van der Waals surface area contributed by atoms with Gasteiger partial charge in [-0.1, -0.05) is 18.5 Å². The molecule has 0 spiro atoms. The van der Waals surface area contributed by atoms with E-state index in [9.17, 15) is 18.5 Å². The number of rotatable bonds is 6. The first-order valence-corrected chi connectivity index (χ1v) is 10.7. The average Bonchev–Trinajstić information content (AvgIpc) is 2.66. The molecule has 0 saturated carbocycles. The summed E-state index contributed by atoms with van der Waals surface area (Å²) in [6.45, 7) is 3.08. The molecule has 1 aromatic carbocycles. The fourth-order valence-electron chi connectivity index (χ4n) is 3.22. The van der Waals surface area contributed by atoms with Crippen molar-refractivity contribution in [3.05, 3.63) is 57.4 Å². The zero-order valence-electron chi connectivity index (χ0n) is 15.3. The first-order chi connectivity index (χ1) is 13.3. The van der Waals surface area contributed by atoms with E-state index in [1.54, 1.807) is 18.3 Å². The summed E-state index contributed by atoms with van der Waals surface area (Å²) in [6.07, 6.45) is 3.31. The van der Waals surface area contributed by atoms with E-state index < -0.39 is 14.9 Å². The lowest BCUT2D eigenvalue weighted by Gasteiger charge is -2.30. The summed E-state index contributed by atoms with van der Waals surface area (Å²) in [5.74, 6) is 0.268. The molecule has 0 unspecified atom stereocenters. The van der Waals surface area contributed by atoms with Gasteiger partial charge < -0.3 is 5.32 Å². The average molecular weight is 425 g/mol. The number of benzene rings is 1. The van der Waals surface area contributed by atoms with Crippen molar-refractivity contribution in [2.45, 2.75) is 31.2 Å². The summed E-state index contributed by atoms with van der Waals surface area (Å²) in [4.78, 5) is 15.0. The molecule has 2 aromatic rings. The van der Waals surface area contributed by atoms with Crippen LogP contribution in [0.2, 0.25) is 5.02 Å². The van der Waals surface area contributed by atoms with Gasteiger partial charge >= 0.3 is 0 Å². The molecule has 3 rings (SSSR count). The van der Waals surface area contributed by atoms with Crippen LogP contribution in [0, 0.1) is 16.0 Å². The van der Waals surface area contributed by atoms with Gasteiger partial charge in [0.15, 0.2) is 0 Å². The molecule has 28 heavy (non-hydrogen) atoms. The van der Waals surface area contributed by atoms with Crippen LogP contribution < -0.4 is 5.32 Å². The summed E-state index contributed by atoms with van der Waals surface area (Å²) in [5, 5.41) is 15.0. The van der Waals surface area contributed by atoms with Crippen LogP contribution in [0.3, 0.4) is 0 Å². The summed E-state index contributed by atoms with van der Waals surface area (Å²) in [5.41, 5.74) is 0.534. The number of sulfonamides is 1. The molecular weight excluding hydrogens is 404 g/mol. The van der Waals surface area contributed by atoms with Crippen molar-refractivity contribution in [2.24, 2.45) is 5.92 Å². The molecule has 0 amide bonds. The van der Waals surface area contributed by atoms with E-state index in [1.807, 2.05) is 6.92 Å². The van der Waals surface area contributed by atoms with Crippen molar-refractivity contribution in [1.29, 1.82) is 0 Å². The first-order valence-electron chi connectivity index (χ1n) is 8.90. The number of nitrogens with one attached hydrogen (secondary N) is 1. The number of pyridine rings is 1. The Labute approximate surface area is 168 Å². The van der Waals surface area contributed by atoms with E-state index in [1.165, 1.54) is 16.4 Å². The first kappa shape index (κ1) is 20.5. The van der Waals surface area contributed by atoms with Crippen molar-refractivity contribution in [1.82, 2.24) is 9.29 Å². The maximum Gasteiger partial charge on any atom is 0.293 e. The van der Waals surface area contributed by atoms with Crippen LogP contribution >= 0.6 is 11.6 Å². The van der Waals surface area contributed by atoms with Gasteiger partial charge in [-0.2, -0.15) is 4.31 Å². The summed E-state index contributed by atoms with van der Waals surface area (Å²) in [6, 6.07) is 7.21. The second kappa shape index (κ2) is 8.42. The summed E-state index contributed by atoms with van der Waals surface area (Å²) < 4.78 is 27.2. The monoisotopic (exact) mass is 424 g/mol. The molecule has 0 bridgehead atoms. The van der Waals surface area contributed by atoms with Crippen LogP contribution in [0.4, 0.5) is 11.4 Å². The topological polar surface area (TPSA) is 105 Å². The molecule has 0 radical (unpaired) electrons. The lowest BCUT2D eigenvalue weighted by molar-refractivity contribution is -0.384. The molecule has 10 heteroatoms. The number of nitrogens with zero attached hydrogens (tertiary/aromatic N) is 3. The van der Waals surface area contributed by atoms with E-state index in [4.69, 9.17) is 11.6 Å². The number of halogens is 1. The van der Waals surface area contributed by atoms with Crippen LogP contribution in [0.5, 0.6) is 0 Å². The van der Waals surface area contributed by atoms with Crippen molar-refractivity contribution < 1.29 is 13.3 Å². The van der Waals surface area contributed by atoms with Crippen molar-refractivity contribution in [3.8, 4) is 0 Å². The molecule has 1 fully saturated rings. The van der Waals surface area contributed by atoms with Gasteiger partial charge in [-0.3, -0.25) is 15.1 Å². The Morgan fingerprint density at radius 1 is 1.36 bits per heavy atom. The minimum absolute atomic E-state index is 0.0697. The predicted molar refractivity (Wildman–Crippen MR) is 107 cm³/mol. The van der Waals surface area contributed by atoms with Crippen molar-refractivity contribution >= 4 is 33.0 Å². The molecule has 1 N–H and O–H groups in total. The van der Waals surface area contributed by atoms with Crippen LogP contribution in [-0.4, -0.2) is 35.7 Å². The summed E-state index contributed by atoms with van der Waals surface area (Å²) >= 11 is 5.92. The van der Waals surface area contributed by atoms with Crippen LogP contribution in [0.1, 0.15) is 25.5 Å². The highest BCUT2D eigenvalue weighted by Gasteiger charge is 2.30. The maximum atomic E-state index is 12.9. The molecule has 8 nitrogen and oxygen atoms in total. The highest BCUT2D eigenvalue weighted by atomic mass is 35.5. The Hall–Kier alpha value is -2.23. The number of nitro benzene ring substituents is 1. The van der Waals surface area contributed by atoms with Gasteiger partial charge in [0.1, 0.15) is 5.69 Å². The lowest BCUT2D eigenvalue weighted by Crippen LogP contribution is -2.39. The van der Waals surface area contributed by atoms with Gasteiger partial charge in [0.05, 0.1) is 22.1 Å². The molecule has 0 aliphatic carbocycles. The van der Waals surface area contributed by atoms with Gasteiger partial charge in [0.25, 0.3) is 5.69 Å². The number of nitro groups is 1. The van der Waals surface area contributed by atoms with Crippen LogP contribution in [0.15, 0.2) is 41.4 Å². The molecule has 1 aliphatic rings. The Kier molecular flexibility index (Phi) is 6.17. The minimum atomic E-state index is -3.77. The standard InChI is InChI=1S/C18H21ClN4O4S/c1-13-3-2-8-22(12-13)28(26,27)16-4-5-17(18(10-16)23(24)25)21-11-15-9-14(19)6-7-20-15/h4-7,9-10,13,21H,2-3,8,11-12H2,1H3/t13-/m0/s1. The van der Waals surface area contributed by atoms with Gasteiger partial charge in [-0.05, 0) is 43.0 Å². The Bertz CT molecular complexity index is 983. The fourth-order valence-corrected chi connectivity index (χ4v) is 5.02. The molecule has 2 heterocycles. The predicted octanol–water partition coefficient (Wildman–Crippen LogP) is 3.68. The molecule has 1 saturated heterocycles. The summed E-state index contributed by atoms with van der Waals surface area (Å²) in [7, 11) is -3.77. The van der Waals surface area contributed by atoms with Crippen molar-refractivity contribution in [3.63, 3.8) is 0 Å². The number of anilines is 1. The Balaban J connectivity index is 1.85. The third-order valence-electron chi connectivity index (χ3n) is 4.66. The Morgan fingerprint density at radius 3 is 2.82 bits per heavy atom. The number of aromatic nitrogens is 1. The Morgan fingerprint density at radius 2 is 2.14 bits per heavy atom. The van der Waals surface area contributed by atoms with Crippen LogP contribution in [0.25, 0.3) is 0 Å². The second-order valence-electron chi connectivity index (χ2n) is 6.87. The van der Waals surface area contributed by atoms with E-state index in [0.29, 0.717) is 23.8 Å². The second-order valence-corrected chi connectivity index (χ2v) is 9.24. The van der Waals surface area contributed by atoms with E-state index in [-0.39, 0.29) is 28.7 Å². The minimum Gasteiger partial charge on any atom is -0.374 e. The zero-order valence-corrected chi connectivity index (χ0v) is 16.9. The quantitative estimate of drug-likeness (QED) is 0.560. The number of hydrogen-bond acceptors (Lipinski definition) is 6. The normalized spacial score (nSPS) is 18.0. The van der Waals surface area contributed by atoms with E-state index in [0.717, 1.165) is 18.9 Å². The largest absolute Gasteiger partial charge is 0.374 e. The third kappa shape index (κ3) is 4.60. The molecule has 1 aliphatic heterocycles. The number of piperidine rings is 1. The van der Waals surface area contributed by atoms with Crippen LogP contribution in [-0.2, 0) is 16.6 Å². The van der Waals surface area contributed by atoms with Gasteiger partial charge in [-0.25, -0.2) is 8.42 Å². The smallest absolute Gasteiger partial charge is 0.293 e.